The minimum atomic E-state index is -0.381. The zero-order chi connectivity index (χ0) is 13.2. The Morgan fingerprint density at radius 1 is 1.00 bits per heavy atom. The summed E-state index contributed by atoms with van der Waals surface area (Å²) in [4.78, 5) is 8.05. The molecule has 0 aliphatic rings. The maximum absolute atomic E-state index is 13.6. The van der Waals surface area contributed by atoms with Gasteiger partial charge in [0.25, 0.3) is 0 Å². The van der Waals surface area contributed by atoms with Crippen LogP contribution < -0.4 is 5.32 Å². The third-order valence-corrected chi connectivity index (χ3v) is 2.75. The van der Waals surface area contributed by atoms with Crippen LogP contribution in [0.3, 0.4) is 0 Å². The van der Waals surface area contributed by atoms with E-state index in [2.05, 4.69) is 15.3 Å². The van der Waals surface area contributed by atoms with Crippen molar-refractivity contribution in [3.63, 3.8) is 0 Å². The fourth-order valence-corrected chi connectivity index (χ4v) is 1.83. The summed E-state index contributed by atoms with van der Waals surface area (Å²) in [5.41, 5.74) is 1.03. The van der Waals surface area contributed by atoms with E-state index in [9.17, 15) is 9.50 Å². The first kappa shape index (κ1) is 11.4. The van der Waals surface area contributed by atoms with E-state index in [0.717, 1.165) is 5.69 Å². The van der Waals surface area contributed by atoms with Crippen molar-refractivity contribution in [2.45, 2.75) is 0 Å². The van der Waals surface area contributed by atoms with Crippen molar-refractivity contribution in [2.75, 3.05) is 5.32 Å². The van der Waals surface area contributed by atoms with Gasteiger partial charge in [-0.2, -0.15) is 0 Å². The average Bonchev–Trinajstić information content (AvgIpc) is 2.43. The molecule has 0 aliphatic heterocycles. The van der Waals surface area contributed by atoms with Gasteiger partial charge in [-0.05, 0) is 36.4 Å². The largest absolute Gasteiger partial charge is 0.508 e. The van der Waals surface area contributed by atoms with Gasteiger partial charge in [0.1, 0.15) is 29.2 Å². The molecule has 0 spiro atoms. The van der Waals surface area contributed by atoms with Gasteiger partial charge < -0.3 is 10.4 Å². The molecule has 0 unspecified atom stereocenters. The molecule has 1 aromatic heterocycles. The van der Waals surface area contributed by atoms with Gasteiger partial charge in [-0.25, -0.2) is 14.4 Å². The highest BCUT2D eigenvalue weighted by Gasteiger charge is 2.07. The first-order valence-corrected chi connectivity index (χ1v) is 5.69. The van der Waals surface area contributed by atoms with Crippen molar-refractivity contribution in [3.8, 4) is 5.75 Å². The van der Waals surface area contributed by atoms with Crippen LogP contribution in [0.2, 0.25) is 0 Å². The Morgan fingerprint density at radius 2 is 1.79 bits per heavy atom. The molecule has 2 aromatic carbocycles. The van der Waals surface area contributed by atoms with Crippen molar-refractivity contribution in [3.05, 3.63) is 54.6 Å². The summed E-state index contributed by atoms with van der Waals surface area (Å²) in [6, 6.07) is 11.3. The number of halogens is 1. The maximum Gasteiger partial charge on any atom is 0.149 e. The van der Waals surface area contributed by atoms with Gasteiger partial charge in [0.2, 0.25) is 0 Å². The molecule has 19 heavy (non-hydrogen) atoms. The van der Waals surface area contributed by atoms with E-state index >= 15 is 0 Å². The maximum atomic E-state index is 13.6. The smallest absolute Gasteiger partial charge is 0.149 e. The van der Waals surface area contributed by atoms with E-state index in [-0.39, 0.29) is 17.1 Å². The molecular formula is C14H10FN3O. The summed E-state index contributed by atoms with van der Waals surface area (Å²) in [5, 5.41) is 12.9. The van der Waals surface area contributed by atoms with Crippen molar-refractivity contribution >= 4 is 22.4 Å². The van der Waals surface area contributed by atoms with Gasteiger partial charge in [-0.3, -0.25) is 0 Å². The molecule has 0 amide bonds. The van der Waals surface area contributed by atoms with Crippen LogP contribution in [-0.2, 0) is 0 Å². The summed E-state index contributed by atoms with van der Waals surface area (Å²) in [6.07, 6.45) is 1.31. The van der Waals surface area contributed by atoms with Gasteiger partial charge in [-0.15, -0.1) is 0 Å². The quantitative estimate of drug-likeness (QED) is 0.690. The molecule has 0 fully saturated rings. The number of para-hydroxylation sites is 1. The molecule has 0 aliphatic carbocycles. The van der Waals surface area contributed by atoms with Crippen LogP contribution in [0.15, 0.2) is 48.8 Å². The van der Waals surface area contributed by atoms with Crippen LogP contribution in [0.5, 0.6) is 5.75 Å². The highest BCUT2D eigenvalue weighted by molar-refractivity contribution is 5.90. The van der Waals surface area contributed by atoms with Crippen molar-refractivity contribution in [1.82, 2.24) is 9.97 Å². The zero-order valence-corrected chi connectivity index (χ0v) is 9.84. The van der Waals surface area contributed by atoms with Gasteiger partial charge in [0.05, 0.1) is 0 Å². The Hall–Kier alpha value is -2.69. The third-order valence-electron chi connectivity index (χ3n) is 2.75. The zero-order valence-electron chi connectivity index (χ0n) is 9.84. The second-order valence-corrected chi connectivity index (χ2v) is 4.03. The lowest BCUT2D eigenvalue weighted by Crippen LogP contribution is -1.96. The number of fused-ring (bicyclic) bond motifs is 1. The number of phenolic OH excluding ortho intramolecular Hbond substituents is 1. The molecule has 0 saturated carbocycles. The number of rotatable bonds is 2. The van der Waals surface area contributed by atoms with Crippen molar-refractivity contribution in [1.29, 1.82) is 0 Å². The lowest BCUT2D eigenvalue weighted by molar-refractivity contribution is 0.475. The molecule has 0 atom stereocenters. The predicted octanol–water partition coefficient (Wildman–Crippen LogP) is 3.22. The Morgan fingerprint density at radius 3 is 2.58 bits per heavy atom. The first-order chi connectivity index (χ1) is 9.24. The summed E-state index contributed by atoms with van der Waals surface area (Å²) in [6.45, 7) is 0. The fraction of sp³-hybridized carbons (Fsp3) is 0. The number of phenols is 1. The molecule has 1 heterocycles. The Balaban J connectivity index is 2.06. The van der Waals surface area contributed by atoms with E-state index in [0.29, 0.717) is 11.2 Å². The van der Waals surface area contributed by atoms with Gasteiger partial charge >= 0.3 is 0 Å². The molecule has 4 nitrogen and oxygen atoms in total. The van der Waals surface area contributed by atoms with Crippen molar-refractivity contribution < 1.29 is 9.50 Å². The van der Waals surface area contributed by atoms with E-state index in [1.165, 1.54) is 12.4 Å². The van der Waals surface area contributed by atoms with Crippen LogP contribution in [0, 0.1) is 5.82 Å². The molecule has 0 bridgehead atoms. The third kappa shape index (κ3) is 2.18. The summed E-state index contributed by atoms with van der Waals surface area (Å²) >= 11 is 0. The molecule has 94 valence electrons. The van der Waals surface area contributed by atoms with Crippen LogP contribution in [0.1, 0.15) is 0 Å². The normalized spacial score (nSPS) is 10.6. The number of aromatic nitrogens is 2. The molecule has 3 aromatic rings. The number of benzene rings is 2. The minimum Gasteiger partial charge on any atom is -0.508 e. The van der Waals surface area contributed by atoms with E-state index in [1.54, 1.807) is 36.4 Å². The Labute approximate surface area is 108 Å². The SMILES string of the molecule is Oc1ccc(Nc2ncnc3c(F)cccc23)cc1. The van der Waals surface area contributed by atoms with Crippen LogP contribution in [0.25, 0.3) is 10.9 Å². The van der Waals surface area contributed by atoms with Crippen LogP contribution >= 0.6 is 0 Å². The molecular weight excluding hydrogens is 245 g/mol. The standard InChI is InChI=1S/C14H10FN3O/c15-12-3-1-2-11-13(12)16-8-17-14(11)18-9-4-6-10(19)7-5-9/h1-8,19H,(H,16,17,18). The summed E-state index contributed by atoms with van der Waals surface area (Å²) in [7, 11) is 0. The second-order valence-electron chi connectivity index (χ2n) is 4.03. The number of nitrogens with zero attached hydrogens (tertiary/aromatic N) is 2. The number of anilines is 2. The fourth-order valence-electron chi connectivity index (χ4n) is 1.83. The lowest BCUT2D eigenvalue weighted by Gasteiger charge is -2.08. The summed E-state index contributed by atoms with van der Waals surface area (Å²) < 4.78 is 13.6. The molecule has 3 rings (SSSR count). The van der Waals surface area contributed by atoms with Crippen molar-refractivity contribution in [2.24, 2.45) is 0 Å². The topological polar surface area (TPSA) is 58.0 Å². The minimum absolute atomic E-state index is 0.184. The highest BCUT2D eigenvalue weighted by Crippen LogP contribution is 2.25. The highest BCUT2D eigenvalue weighted by atomic mass is 19.1. The van der Waals surface area contributed by atoms with Gasteiger partial charge in [0, 0.05) is 11.1 Å². The number of aromatic hydroxyl groups is 1. The van der Waals surface area contributed by atoms with E-state index in [4.69, 9.17) is 0 Å². The number of hydrogen-bond acceptors (Lipinski definition) is 4. The second kappa shape index (κ2) is 4.53. The predicted molar refractivity (Wildman–Crippen MR) is 70.9 cm³/mol. The van der Waals surface area contributed by atoms with Gasteiger partial charge in [0.15, 0.2) is 0 Å². The number of hydrogen-bond donors (Lipinski definition) is 2. The van der Waals surface area contributed by atoms with Crippen LogP contribution in [0.4, 0.5) is 15.9 Å². The van der Waals surface area contributed by atoms with E-state index in [1.807, 2.05) is 0 Å². The van der Waals surface area contributed by atoms with E-state index < -0.39 is 0 Å². The molecule has 0 radical (unpaired) electrons. The molecule has 2 N–H and O–H groups in total. The number of nitrogens with one attached hydrogen (secondary N) is 1. The van der Waals surface area contributed by atoms with Gasteiger partial charge in [-0.1, -0.05) is 6.07 Å². The first-order valence-electron chi connectivity index (χ1n) is 5.69. The monoisotopic (exact) mass is 255 g/mol. The average molecular weight is 255 g/mol. The Kier molecular flexibility index (Phi) is 2.72. The Bertz CT molecular complexity index is 728. The van der Waals surface area contributed by atoms with Crippen LogP contribution in [-0.4, -0.2) is 15.1 Å². The summed E-state index contributed by atoms with van der Waals surface area (Å²) in [5.74, 6) is 0.327. The molecule has 0 saturated heterocycles. The molecule has 5 heteroatoms. The lowest BCUT2D eigenvalue weighted by atomic mass is 10.2.